The van der Waals surface area contributed by atoms with Crippen LogP contribution >= 0.6 is 0 Å². The van der Waals surface area contributed by atoms with E-state index in [0.717, 1.165) is 134 Å². The third-order valence-corrected chi connectivity index (χ3v) is 20.3. The van der Waals surface area contributed by atoms with Crippen molar-refractivity contribution in [3.8, 4) is 62.1 Å². The first-order valence-corrected chi connectivity index (χ1v) is 34.7. The molecule has 0 saturated carbocycles. The number of carboxylic acids is 4. The Labute approximate surface area is 638 Å². The highest BCUT2D eigenvalue weighted by atomic mass is 19.1. The van der Waals surface area contributed by atoms with Crippen LogP contribution in [0.5, 0.6) is 28.7 Å². The van der Waals surface area contributed by atoms with E-state index in [1.165, 1.54) is 51.7 Å². The largest absolute Gasteiger partial charge is 0.507 e. The number of carbonyl (C=O) groups is 7. The van der Waals surface area contributed by atoms with E-state index < -0.39 is 29.8 Å². The molecule has 0 radical (unpaired) electrons. The number of aromatic nitrogens is 6. The average molecular weight is 1520 g/mol. The SMILES string of the molecule is COC(=O)Cc1c(C)n(C)c2cc(-c3ccc(F)cc3)c(OC)cc12.COC(=O)Cc1c(C)n(C)c2cc(C(=O)OC)c(O)cc12.COc1ccc2c(c(CC(=O)O)c(C)n2C)c1-c1ccccc1.COc1ccc2c(c(CC(=O)O)c(C)n2C)c1-c1ccncc1.Cc1c(CC(=O)O)c2cc(O)c(C(=O)O)cc2n1C. The quantitative estimate of drug-likeness (QED) is 0.0343. The van der Waals surface area contributed by atoms with Crippen LogP contribution in [0.4, 0.5) is 4.39 Å². The zero-order valence-electron chi connectivity index (χ0n) is 64.4. The summed E-state index contributed by atoms with van der Waals surface area (Å²) in [4.78, 5) is 83.5. The summed E-state index contributed by atoms with van der Waals surface area (Å²) in [5, 5.41) is 60.3. The number of aryl methyl sites for hydroxylation is 5. The van der Waals surface area contributed by atoms with E-state index in [1.54, 1.807) is 70.5 Å². The summed E-state index contributed by atoms with van der Waals surface area (Å²) in [6.45, 7) is 9.51. The summed E-state index contributed by atoms with van der Waals surface area (Å²) >= 11 is 0. The van der Waals surface area contributed by atoms with Crippen LogP contribution in [0.15, 0.2) is 140 Å². The molecule has 111 heavy (non-hydrogen) atoms. The second-order valence-corrected chi connectivity index (χ2v) is 26.2. The third-order valence-electron chi connectivity index (χ3n) is 20.3. The lowest BCUT2D eigenvalue weighted by molar-refractivity contribution is -0.140. The molecule has 0 spiro atoms. The van der Waals surface area contributed by atoms with Gasteiger partial charge < -0.3 is 81.9 Å². The van der Waals surface area contributed by atoms with Gasteiger partial charge >= 0.3 is 41.8 Å². The predicted octanol–water partition coefficient (Wildman–Crippen LogP) is 14.2. The van der Waals surface area contributed by atoms with Crippen molar-refractivity contribution in [1.82, 2.24) is 27.8 Å². The van der Waals surface area contributed by atoms with Crippen molar-refractivity contribution in [1.29, 1.82) is 0 Å². The summed E-state index contributed by atoms with van der Waals surface area (Å²) in [5.74, 6) is -3.79. The Bertz CT molecular complexity index is 5620. The van der Waals surface area contributed by atoms with E-state index >= 15 is 0 Å². The minimum Gasteiger partial charge on any atom is -0.507 e. The number of hydrogen-bond donors (Lipinski definition) is 6. The van der Waals surface area contributed by atoms with Gasteiger partial charge in [0.05, 0.1) is 74.8 Å². The molecule has 0 saturated heterocycles. The summed E-state index contributed by atoms with van der Waals surface area (Å²) < 4.78 is 53.7. The molecule has 0 bridgehead atoms. The minimum absolute atomic E-state index is 0.00380. The normalized spacial score (nSPS) is 10.9. The van der Waals surface area contributed by atoms with E-state index in [2.05, 4.69) is 9.72 Å². The Morgan fingerprint density at radius 1 is 0.387 bits per heavy atom. The highest BCUT2D eigenvalue weighted by molar-refractivity contribution is 6.06. The van der Waals surface area contributed by atoms with Gasteiger partial charge in [-0.1, -0.05) is 42.5 Å². The van der Waals surface area contributed by atoms with Crippen molar-refractivity contribution < 1.29 is 97.0 Å². The number of carbonyl (C=O) groups excluding carboxylic acids is 3. The van der Waals surface area contributed by atoms with Gasteiger partial charge in [0, 0.05) is 147 Å². The number of fused-ring (bicyclic) bond motifs is 5. The fourth-order valence-electron chi connectivity index (χ4n) is 14.0. The van der Waals surface area contributed by atoms with Crippen LogP contribution in [0, 0.1) is 40.4 Å². The number of benzene rings is 7. The molecule has 13 rings (SSSR count). The highest BCUT2D eigenvalue weighted by Gasteiger charge is 2.27. The first-order chi connectivity index (χ1) is 52.8. The standard InChI is InChI=1S/C20H20FNO3.C19H19NO3.C18H18N2O3.C15H17NO5.C13H13NO5/c1-12-15(11-20(23)25-4)17-10-19(24-3)16(9-18(17)22(12)2)13-5-7-14(21)8-6-13;1-12-14(11-17(21)22)19-15(20(12)2)9-10-16(23-3)18(19)13-7-5-4-6-8-13;1-11-13(10-16(21)22)18-14(20(11)2)4-5-15(23-3)17(18)12-6-8-19-9-7-12;1-8-9(7-14(18)20-3)10-6-13(17)11(15(19)21-4)5-12(10)16(8)2;1-6-7(5-12(16)17)8-4-11(15)9(13(18)19)3-10(8)14(6)2/h5-10H,11H2,1-4H3;4-10H,11H2,1-3H3,(H,21,22);4-9H,10H2,1-3H3,(H,21,22);5-6,17H,7H2,1-4H3;3-4,15H,5H2,1-2H3,(H,16,17)(H,18,19). The second kappa shape index (κ2) is 34.7. The predicted molar refractivity (Wildman–Crippen MR) is 419 cm³/mol. The van der Waals surface area contributed by atoms with Gasteiger partial charge in [-0.15, -0.1) is 0 Å². The summed E-state index contributed by atoms with van der Waals surface area (Å²) in [7, 11) is 18.3. The van der Waals surface area contributed by atoms with Gasteiger partial charge in [0.25, 0.3) is 0 Å². The van der Waals surface area contributed by atoms with Crippen LogP contribution < -0.4 is 14.2 Å². The van der Waals surface area contributed by atoms with Crippen LogP contribution in [-0.2, 0) is 106 Å². The van der Waals surface area contributed by atoms with Crippen LogP contribution in [-0.4, -0.2) is 143 Å². The lowest BCUT2D eigenvalue weighted by Gasteiger charge is -2.12. The number of aromatic hydroxyl groups is 2. The molecule has 0 fully saturated rings. The molecule has 0 aliphatic carbocycles. The molecule has 578 valence electrons. The van der Waals surface area contributed by atoms with Gasteiger partial charge in [-0.05, 0) is 164 Å². The maximum Gasteiger partial charge on any atom is 0.341 e. The lowest BCUT2D eigenvalue weighted by Crippen LogP contribution is -2.05. The number of rotatable bonds is 18. The molecule has 13 aromatic rings. The lowest BCUT2D eigenvalue weighted by atomic mass is 9.96. The number of aromatic carboxylic acids is 1. The van der Waals surface area contributed by atoms with E-state index in [-0.39, 0.29) is 72.5 Å². The molecule has 26 heteroatoms. The van der Waals surface area contributed by atoms with E-state index in [9.17, 15) is 58.4 Å². The zero-order valence-corrected chi connectivity index (χ0v) is 64.4. The Balaban J connectivity index is 0.000000160. The fourth-order valence-corrected chi connectivity index (χ4v) is 14.0. The number of esters is 3. The summed E-state index contributed by atoms with van der Waals surface area (Å²) in [6.07, 6.45) is 3.57. The highest BCUT2D eigenvalue weighted by Crippen LogP contribution is 2.44. The number of phenols is 2. The summed E-state index contributed by atoms with van der Waals surface area (Å²) in [6, 6.07) is 37.5. The van der Waals surface area contributed by atoms with E-state index in [0.29, 0.717) is 27.6 Å². The van der Waals surface area contributed by atoms with Crippen LogP contribution in [0.2, 0.25) is 0 Å². The molecule has 6 N–H and O–H groups in total. The Hall–Kier alpha value is -13.4. The number of pyridine rings is 1. The topological polar surface area (TPSA) is 334 Å². The number of hydrogen-bond acceptors (Lipinski definition) is 16. The van der Waals surface area contributed by atoms with Crippen molar-refractivity contribution in [3.05, 3.63) is 213 Å². The molecule has 0 aliphatic rings. The van der Waals surface area contributed by atoms with Crippen molar-refractivity contribution in [3.63, 3.8) is 0 Å². The van der Waals surface area contributed by atoms with Gasteiger partial charge in [0.2, 0.25) is 0 Å². The van der Waals surface area contributed by atoms with Crippen molar-refractivity contribution in [2.45, 2.75) is 66.7 Å². The maximum absolute atomic E-state index is 13.2. The molecular weight excluding hydrogens is 1430 g/mol. The first kappa shape index (κ1) is 81.7. The van der Waals surface area contributed by atoms with Crippen molar-refractivity contribution in [2.75, 3.05) is 42.7 Å². The van der Waals surface area contributed by atoms with E-state index in [4.69, 9.17) is 33.9 Å². The second-order valence-electron chi connectivity index (χ2n) is 26.2. The molecule has 0 unspecified atom stereocenters. The monoisotopic (exact) mass is 1510 g/mol. The Morgan fingerprint density at radius 3 is 1.16 bits per heavy atom. The van der Waals surface area contributed by atoms with Crippen LogP contribution in [0.1, 0.15) is 77.0 Å². The number of ether oxygens (including phenoxy) is 6. The number of methoxy groups -OCH3 is 6. The van der Waals surface area contributed by atoms with Crippen molar-refractivity contribution in [2.24, 2.45) is 35.2 Å². The van der Waals surface area contributed by atoms with E-state index in [1.807, 2.05) is 153 Å². The number of aliphatic carboxylic acids is 3. The number of halogens is 1. The number of carboxylic acid groups (broad SMARTS) is 4. The van der Waals surface area contributed by atoms with Crippen LogP contribution in [0.25, 0.3) is 87.9 Å². The average Bonchev–Trinajstić information content (AvgIpc) is 1.64. The number of phenolic OH excluding ortho intramolecular Hbond substituents is 1. The van der Waals surface area contributed by atoms with Crippen molar-refractivity contribution >= 4 is 96.3 Å². The molecule has 0 aliphatic heterocycles. The minimum atomic E-state index is -1.22. The molecule has 0 atom stereocenters. The van der Waals surface area contributed by atoms with Gasteiger partial charge in [0.15, 0.2) is 0 Å². The van der Waals surface area contributed by atoms with Gasteiger partial charge in [0.1, 0.15) is 45.7 Å². The number of nitrogens with zero attached hydrogens (tertiary/aromatic N) is 6. The van der Waals surface area contributed by atoms with Gasteiger partial charge in [-0.2, -0.15) is 0 Å². The Kier molecular flexibility index (Phi) is 25.5. The first-order valence-electron chi connectivity index (χ1n) is 34.7. The molecular formula is C85H87FN6O19. The van der Waals surface area contributed by atoms with Gasteiger partial charge in [-0.3, -0.25) is 29.0 Å². The van der Waals surface area contributed by atoms with Crippen LogP contribution in [0.3, 0.4) is 0 Å². The smallest absolute Gasteiger partial charge is 0.341 e. The molecule has 6 heterocycles. The summed E-state index contributed by atoms with van der Waals surface area (Å²) in [5.41, 5.74) is 18.2. The molecule has 25 nitrogen and oxygen atoms in total. The third kappa shape index (κ3) is 16.8. The molecule has 6 aromatic heterocycles. The fraction of sp³-hybridized carbons (Fsp3) is 0.247. The van der Waals surface area contributed by atoms with Gasteiger partial charge in [-0.25, -0.2) is 14.0 Å². The maximum atomic E-state index is 13.2. The Morgan fingerprint density at radius 2 is 0.757 bits per heavy atom. The molecule has 0 amide bonds. The zero-order chi connectivity index (χ0) is 81.3. The molecule has 7 aromatic carbocycles.